The summed E-state index contributed by atoms with van der Waals surface area (Å²) in [7, 11) is 5.90. The third-order valence-electron chi connectivity index (χ3n) is 13.6. The molecular weight excluding hydrogens is 1080 g/mol. The number of quaternary nitrogens is 1. The van der Waals surface area contributed by atoms with E-state index in [1.165, 1.54) is 64.2 Å². The molecule has 87 heavy (non-hydrogen) atoms. The molecule has 0 radical (unpaired) electrons. The number of likely N-dealkylation sites (N-methyl/N-ethyl adjacent to an activating group) is 1. The molecule has 0 aromatic rings. The van der Waals surface area contributed by atoms with Gasteiger partial charge in [-0.05, 0) is 135 Å². The topological polar surface area (TPSA) is 111 Å². The van der Waals surface area contributed by atoms with Crippen LogP contribution < -0.4 is 5.11 Å². The van der Waals surface area contributed by atoms with Crippen molar-refractivity contribution in [2.24, 2.45) is 0 Å². The first-order valence-electron chi connectivity index (χ1n) is 33.9. The third-order valence-corrected chi connectivity index (χ3v) is 13.6. The van der Waals surface area contributed by atoms with Crippen molar-refractivity contribution in [1.82, 2.24) is 0 Å². The van der Waals surface area contributed by atoms with Crippen molar-refractivity contribution < 1.29 is 42.9 Å². The molecule has 488 valence electrons. The molecule has 2 atom stereocenters. The number of unbranched alkanes of at least 4 members (excludes halogenated alkanes) is 15. The molecule has 0 aliphatic rings. The second-order valence-electron chi connectivity index (χ2n) is 23.0. The van der Waals surface area contributed by atoms with Crippen LogP contribution >= 0.6 is 0 Å². The van der Waals surface area contributed by atoms with Crippen LogP contribution in [0.5, 0.6) is 0 Å². The number of nitrogens with zero attached hydrogens (tertiary/aromatic N) is 1. The summed E-state index contributed by atoms with van der Waals surface area (Å²) in [6.45, 7) is 4.44. The molecule has 0 aliphatic carbocycles. The molecule has 0 bridgehead atoms. The Morgan fingerprint density at radius 3 is 0.943 bits per heavy atom. The zero-order chi connectivity index (χ0) is 63.3. The maximum Gasteiger partial charge on any atom is 0.306 e. The summed E-state index contributed by atoms with van der Waals surface area (Å²) in [5, 5.41) is 11.8. The summed E-state index contributed by atoms with van der Waals surface area (Å²) >= 11 is 0. The van der Waals surface area contributed by atoms with E-state index < -0.39 is 30.3 Å². The molecule has 0 spiro atoms. The van der Waals surface area contributed by atoms with Crippen molar-refractivity contribution >= 4 is 17.9 Å². The maximum absolute atomic E-state index is 12.9. The summed E-state index contributed by atoms with van der Waals surface area (Å²) in [6.07, 6.45) is 98.3. The highest BCUT2D eigenvalue weighted by molar-refractivity contribution is 5.70. The van der Waals surface area contributed by atoms with Crippen molar-refractivity contribution in [3.05, 3.63) is 182 Å². The third kappa shape index (κ3) is 67.8. The van der Waals surface area contributed by atoms with Gasteiger partial charge in [-0.25, -0.2) is 0 Å². The van der Waals surface area contributed by atoms with Gasteiger partial charge in [0.1, 0.15) is 13.2 Å². The second kappa shape index (κ2) is 66.3. The SMILES string of the molecule is CC/C=C\C/C=C\C/C=C\C/C=C\C/C=C\C/C=C\C/C=C\C/C=C\C/C=C\CCCCCCCCCCCCCCCC(=O)OC(COC(=O)CCCC/C=C\C/C=C\C/C=C\C/C=C\C/C=C\C/C=C\CC)COC(OCC[N+](C)(C)C)C(=O)[O-]. The van der Waals surface area contributed by atoms with Gasteiger partial charge < -0.3 is 33.3 Å². The first-order chi connectivity index (χ1) is 42.6. The fourth-order valence-electron chi connectivity index (χ4n) is 8.53. The van der Waals surface area contributed by atoms with Gasteiger partial charge in [0.2, 0.25) is 0 Å². The first-order valence-corrected chi connectivity index (χ1v) is 33.9. The molecule has 0 aromatic heterocycles. The first kappa shape index (κ1) is 81.4. The van der Waals surface area contributed by atoms with Gasteiger partial charge in [-0.15, -0.1) is 0 Å². The number of carbonyl (C=O) groups is 3. The number of rotatable bonds is 60. The Labute approximate surface area is 532 Å². The molecule has 0 aliphatic heterocycles. The lowest BCUT2D eigenvalue weighted by molar-refractivity contribution is -0.870. The summed E-state index contributed by atoms with van der Waals surface area (Å²) in [5.74, 6) is -2.36. The van der Waals surface area contributed by atoms with Gasteiger partial charge in [0, 0.05) is 12.8 Å². The lowest BCUT2D eigenvalue weighted by Gasteiger charge is -2.26. The number of hydrogen-bond donors (Lipinski definition) is 0. The van der Waals surface area contributed by atoms with Crippen LogP contribution in [0.25, 0.3) is 0 Å². The molecule has 0 saturated carbocycles. The highest BCUT2D eigenvalue weighted by Gasteiger charge is 2.22. The van der Waals surface area contributed by atoms with E-state index in [4.69, 9.17) is 18.9 Å². The average Bonchev–Trinajstić information content (AvgIpc) is 3.59. The predicted molar refractivity (Wildman–Crippen MR) is 370 cm³/mol. The monoisotopic (exact) mass is 1200 g/mol. The molecule has 9 heteroatoms. The van der Waals surface area contributed by atoms with Crippen molar-refractivity contribution in [1.29, 1.82) is 0 Å². The number of carboxylic acid groups (broad SMARTS) is 1. The molecule has 2 unspecified atom stereocenters. The summed E-state index contributed by atoms with van der Waals surface area (Å²) in [4.78, 5) is 37.4. The van der Waals surface area contributed by atoms with Crippen LogP contribution in [0.2, 0.25) is 0 Å². The van der Waals surface area contributed by atoms with Crippen LogP contribution in [0.1, 0.15) is 232 Å². The van der Waals surface area contributed by atoms with Crippen LogP contribution in [0.3, 0.4) is 0 Å². The van der Waals surface area contributed by atoms with Gasteiger partial charge in [-0.1, -0.05) is 267 Å². The number of ether oxygens (including phenoxy) is 4. The number of allylic oxidation sites excluding steroid dienone is 30. The van der Waals surface area contributed by atoms with Crippen molar-refractivity contribution in [3.63, 3.8) is 0 Å². The number of carbonyl (C=O) groups excluding carboxylic acids is 3. The highest BCUT2D eigenvalue weighted by atomic mass is 16.7. The van der Waals surface area contributed by atoms with Crippen molar-refractivity contribution in [2.75, 3.05) is 47.5 Å². The van der Waals surface area contributed by atoms with Gasteiger partial charge >= 0.3 is 11.9 Å². The molecule has 0 N–H and O–H groups in total. The molecule has 9 nitrogen and oxygen atoms in total. The second-order valence-corrected chi connectivity index (χ2v) is 23.0. The van der Waals surface area contributed by atoms with Gasteiger partial charge in [0.25, 0.3) is 0 Å². The van der Waals surface area contributed by atoms with Gasteiger partial charge in [0.05, 0.1) is 40.3 Å². The maximum atomic E-state index is 12.9. The summed E-state index contributed by atoms with van der Waals surface area (Å²) in [6, 6.07) is 0. The Morgan fingerprint density at radius 1 is 0.345 bits per heavy atom. The van der Waals surface area contributed by atoms with E-state index in [2.05, 4.69) is 196 Å². The highest BCUT2D eigenvalue weighted by Crippen LogP contribution is 2.15. The average molecular weight is 1200 g/mol. The standard InChI is InChI=1S/C78H123NO8/c1-6-8-10-12-14-16-18-20-22-24-26-28-29-30-31-32-33-34-35-36-37-38-39-40-41-42-43-44-45-46-47-49-51-53-55-57-59-61-63-65-67-69-76(81)87-74(73-86-78(77(82)83)84-71-70-79(3,4)5)72-85-75(80)68-66-64-62-60-58-56-54-52-50-48-27-25-23-21-19-17-15-13-11-9-7-2/h8-11,14-17,20-23,26-28,30-31,33-34,36-37,39-40,42-43,48,52,54,58,60,74,78H,6-7,12-13,18-19,24-25,29,32,35,38,41,44-47,49-51,53,55-57,59,61-73H2,1-5H3/b10-8-,11-9-,16-14-,17-15-,22-20-,23-21-,28-26-,31-30-,34-33-,37-36-,40-39-,43-42-,48-27-,54-52-,60-58-. The Hall–Kier alpha value is -5.61. The normalized spacial score (nSPS) is 13.9. The molecule has 0 aromatic carbocycles. The van der Waals surface area contributed by atoms with Gasteiger partial charge in [0.15, 0.2) is 12.4 Å². The predicted octanol–water partition coefficient (Wildman–Crippen LogP) is 19.9. The van der Waals surface area contributed by atoms with Crippen LogP contribution in [-0.4, -0.2) is 82.3 Å². The number of carboxylic acids is 1. The minimum Gasteiger partial charge on any atom is -0.545 e. The summed E-state index contributed by atoms with van der Waals surface area (Å²) < 4.78 is 22.7. The van der Waals surface area contributed by atoms with Crippen molar-refractivity contribution in [3.8, 4) is 0 Å². The van der Waals surface area contributed by atoms with E-state index in [9.17, 15) is 19.5 Å². The Bertz CT molecular complexity index is 2080. The lowest BCUT2D eigenvalue weighted by atomic mass is 10.0. The van der Waals surface area contributed by atoms with Crippen molar-refractivity contribution in [2.45, 2.75) is 245 Å². The minimum absolute atomic E-state index is 0.131. The fraction of sp³-hybridized carbons (Fsp3) is 0.577. The van der Waals surface area contributed by atoms with E-state index in [-0.39, 0.29) is 32.7 Å². The zero-order valence-electron chi connectivity index (χ0n) is 55.6. The zero-order valence-corrected chi connectivity index (χ0v) is 55.6. The van der Waals surface area contributed by atoms with Crippen LogP contribution in [0.15, 0.2) is 182 Å². The van der Waals surface area contributed by atoms with E-state index >= 15 is 0 Å². The van der Waals surface area contributed by atoms with E-state index in [0.717, 1.165) is 128 Å². The van der Waals surface area contributed by atoms with Gasteiger partial charge in [-0.3, -0.25) is 9.59 Å². The molecule has 0 saturated heterocycles. The Morgan fingerprint density at radius 2 is 0.621 bits per heavy atom. The van der Waals surface area contributed by atoms with Gasteiger partial charge in [-0.2, -0.15) is 0 Å². The molecule has 0 heterocycles. The number of aliphatic carboxylic acids is 1. The lowest BCUT2D eigenvalue weighted by Crippen LogP contribution is -2.44. The number of esters is 2. The van der Waals surface area contributed by atoms with Crippen LogP contribution in [0.4, 0.5) is 0 Å². The van der Waals surface area contributed by atoms with E-state index in [0.29, 0.717) is 23.9 Å². The van der Waals surface area contributed by atoms with E-state index in [1.807, 2.05) is 21.1 Å². The smallest absolute Gasteiger partial charge is 0.306 e. The number of hydrogen-bond acceptors (Lipinski definition) is 8. The molecule has 0 amide bonds. The van der Waals surface area contributed by atoms with Crippen LogP contribution in [0, 0.1) is 0 Å². The molecular formula is C78H123NO8. The minimum atomic E-state index is -1.64. The van der Waals surface area contributed by atoms with Crippen LogP contribution in [-0.2, 0) is 33.3 Å². The van der Waals surface area contributed by atoms with E-state index in [1.54, 1.807) is 0 Å². The fourth-order valence-corrected chi connectivity index (χ4v) is 8.53. The largest absolute Gasteiger partial charge is 0.545 e. The Kier molecular flexibility index (Phi) is 62.1. The molecule has 0 rings (SSSR count). The summed E-state index contributed by atoms with van der Waals surface area (Å²) in [5.41, 5.74) is 0. The Balaban J connectivity index is 4.18. The quantitative estimate of drug-likeness (QED) is 0.0195. The molecule has 0 fully saturated rings.